The van der Waals surface area contributed by atoms with Crippen LogP contribution < -0.4 is 0 Å². The monoisotopic (exact) mass is 728 g/mol. The molecule has 6 nitrogen and oxygen atoms in total. The summed E-state index contributed by atoms with van der Waals surface area (Å²) in [5.74, 6) is -1.80. The van der Waals surface area contributed by atoms with Crippen LogP contribution in [0.3, 0.4) is 0 Å². The van der Waals surface area contributed by atoms with E-state index in [1.807, 2.05) is 12.2 Å². The standard InChI is InChI=1S/C38H66BrO6P/c1-3-5-7-9-11-13-15-17-19-21-23-25-27-29-31-33-37(40)44-46(42,43-36-35-39)45-38(41)34-32-30-28-26-24-22-20-18-16-14-12-10-8-6-4-2/h27-34H,3-26,35-36H2,1-2H3. The topological polar surface area (TPSA) is 78.9 Å². The second-order valence-corrected chi connectivity index (χ2v) is 14.3. The summed E-state index contributed by atoms with van der Waals surface area (Å²) in [6.07, 6.45) is 43.4. The summed E-state index contributed by atoms with van der Waals surface area (Å²) in [6, 6.07) is 0. The molecule has 0 aliphatic heterocycles. The predicted molar refractivity (Wildman–Crippen MR) is 198 cm³/mol. The van der Waals surface area contributed by atoms with Crippen molar-refractivity contribution < 1.29 is 27.7 Å². The molecule has 0 saturated carbocycles. The summed E-state index contributed by atoms with van der Waals surface area (Å²) in [5, 5.41) is 0.335. The van der Waals surface area contributed by atoms with Gasteiger partial charge in [0.15, 0.2) is 0 Å². The summed E-state index contributed by atoms with van der Waals surface area (Å²) in [5.41, 5.74) is 0. The molecular weight excluding hydrogens is 663 g/mol. The average Bonchev–Trinajstić information content (AvgIpc) is 3.03. The van der Waals surface area contributed by atoms with Gasteiger partial charge in [0.1, 0.15) is 0 Å². The molecule has 0 heterocycles. The lowest BCUT2D eigenvalue weighted by Gasteiger charge is -2.14. The van der Waals surface area contributed by atoms with Crippen LogP contribution in [0.1, 0.15) is 168 Å². The Labute approximate surface area is 291 Å². The molecule has 0 radical (unpaired) electrons. The molecule has 0 spiro atoms. The predicted octanol–water partition coefficient (Wildman–Crippen LogP) is 13.2. The quantitative estimate of drug-likeness (QED) is 0.0220. The van der Waals surface area contributed by atoms with E-state index in [2.05, 4.69) is 29.8 Å². The molecule has 0 aromatic carbocycles. The highest BCUT2D eigenvalue weighted by Gasteiger charge is 2.34. The fourth-order valence-corrected chi connectivity index (χ4v) is 6.40. The Kier molecular flexibility index (Phi) is 33.8. The summed E-state index contributed by atoms with van der Waals surface area (Å²) in [7, 11) is -4.41. The zero-order valence-electron chi connectivity index (χ0n) is 29.3. The number of allylic oxidation sites excluding steroid dienone is 6. The zero-order chi connectivity index (χ0) is 33.8. The lowest BCUT2D eigenvalue weighted by atomic mass is 10.1. The van der Waals surface area contributed by atoms with Crippen LogP contribution in [0, 0.1) is 0 Å². The van der Waals surface area contributed by atoms with Crippen molar-refractivity contribution in [2.75, 3.05) is 11.9 Å². The van der Waals surface area contributed by atoms with E-state index >= 15 is 0 Å². The second-order valence-electron chi connectivity index (χ2n) is 12.0. The van der Waals surface area contributed by atoms with E-state index < -0.39 is 19.8 Å². The third-order valence-electron chi connectivity index (χ3n) is 7.64. The fourth-order valence-electron chi connectivity index (χ4n) is 4.97. The Morgan fingerprint density at radius 2 is 0.848 bits per heavy atom. The maximum Gasteiger partial charge on any atom is 0.592 e. The van der Waals surface area contributed by atoms with Crippen molar-refractivity contribution in [1.82, 2.24) is 0 Å². The van der Waals surface area contributed by atoms with Crippen LogP contribution in [0.25, 0.3) is 0 Å². The highest BCUT2D eigenvalue weighted by atomic mass is 79.9. The Morgan fingerprint density at radius 1 is 0.522 bits per heavy atom. The summed E-state index contributed by atoms with van der Waals surface area (Å²) in [4.78, 5) is 24.4. The molecule has 0 rings (SSSR count). The van der Waals surface area contributed by atoms with E-state index in [1.165, 1.54) is 141 Å². The highest BCUT2D eigenvalue weighted by Crippen LogP contribution is 2.50. The van der Waals surface area contributed by atoms with Gasteiger partial charge in [0.2, 0.25) is 0 Å². The zero-order valence-corrected chi connectivity index (χ0v) is 31.8. The molecule has 0 aliphatic rings. The number of carbonyl (C=O) groups is 2. The number of hydrogen-bond donors (Lipinski definition) is 0. The molecule has 0 unspecified atom stereocenters. The van der Waals surface area contributed by atoms with Gasteiger partial charge in [-0.05, 0) is 25.7 Å². The largest absolute Gasteiger partial charge is 0.592 e. The molecule has 0 bridgehead atoms. The van der Waals surface area contributed by atoms with Crippen molar-refractivity contribution in [2.45, 2.75) is 168 Å². The molecule has 266 valence electrons. The number of phosphoric acid groups is 1. The Bertz CT molecular complexity index is 818. The van der Waals surface area contributed by atoms with Crippen LogP contribution in [0.2, 0.25) is 0 Å². The van der Waals surface area contributed by atoms with E-state index in [0.717, 1.165) is 37.8 Å². The summed E-state index contributed by atoms with van der Waals surface area (Å²) < 4.78 is 27.8. The third-order valence-corrected chi connectivity index (χ3v) is 9.27. The third kappa shape index (κ3) is 32.5. The van der Waals surface area contributed by atoms with Crippen molar-refractivity contribution >= 4 is 35.7 Å². The molecule has 0 amide bonds. The average molecular weight is 730 g/mol. The molecule has 0 aliphatic carbocycles. The highest BCUT2D eigenvalue weighted by molar-refractivity contribution is 9.09. The minimum Gasteiger partial charge on any atom is -0.358 e. The van der Waals surface area contributed by atoms with E-state index in [9.17, 15) is 14.2 Å². The molecule has 0 fully saturated rings. The Balaban J connectivity index is 4.16. The second kappa shape index (κ2) is 34.9. The SMILES string of the molecule is CCCCCCCCCCCCCC=CC=CC(=O)OP(=O)(OCCBr)OC(=O)C=CC=CCCCCCCCCCCCCC. The number of carbonyl (C=O) groups excluding carboxylic acids is 2. The van der Waals surface area contributed by atoms with Gasteiger partial charge in [-0.3, -0.25) is 4.52 Å². The van der Waals surface area contributed by atoms with Gasteiger partial charge in [-0.1, -0.05) is 195 Å². The maximum atomic E-state index is 12.9. The van der Waals surface area contributed by atoms with E-state index in [4.69, 9.17) is 13.6 Å². The van der Waals surface area contributed by atoms with Gasteiger partial charge < -0.3 is 9.05 Å². The fraction of sp³-hybridized carbons (Fsp3) is 0.737. The van der Waals surface area contributed by atoms with Gasteiger partial charge in [-0.25, -0.2) is 14.2 Å². The number of alkyl halides is 1. The first kappa shape index (κ1) is 44.6. The summed E-state index contributed by atoms with van der Waals surface area (Å²) in [6.45, 7) is 4.45. The van der Waals surface area contributed by atoms with E-state index in [-0.39, 0.29) is 6.61 Å². The molecule has 46 heavy (non-hydrogen) atoms. The first-order valence-corrected chi connectivity index (χ1v) is 21.0. The summed E-state index contributed by atoms with van der Waals surface area (Å²) >= 11 is 3.17. The van der Waals surface area contributed by atoms with Gasteiger partial charge in [0, 0.05) is 17.5 Å². The molecule has 0 aromatic rings. The van der Waals surface area contributed by atoms with Crippen LogP contribution in [0.4, 0.5) is 0 Å². The smallest absolute Gasteiger partial charge is 0.358 e. The molecular formula is C38H66BrO6P. The van der Waals surface area contributed by atoms with Crippen LogP contribution >= 0.6 is 23.8 Å². The molecule has 0 atom stereocenters. The van der Waals surface area contributed by atoms with Gasteiger partial charge in [0.25, 0.3) is 0 Å². The van der Waals surface area contributed by atoms with Gasteiger partial charge in [-0.15, -0.1) is 0 Å². The van der Waals surface area contributed by atoms with Crippen molar-refractivity contribution in [3.63, 3.8) is 0 Å². The van der Waals surface area contributed by atoms with Crippen LogP contribution in [-0.2, 0) is 27.7 Å². The minimum atomic E-state index is -4.41. The molecule has 0 aromatic heterocycles. The normalized spacial score (nSPS) is 13.4. The Hall–Kier alpha value is -1.43. The first-order chi connectivity index (χ1) is 22.5. The van der Waals surface area contributed by atoms with Crippen molar-refractivity contribution in [1.29, 1.82) is 0 Å². The minimum absolute atomic E-state index is 0.0526. The lowest BCUT2D eigenvalue weighted by molar-refractivity contribution is -0.135. The molecule has 8 heteroatoms. The molecule has 0 saturated heterocycles. The van der Waals surface area contributed by atoms with Gasteiger partial charge >= 0.3 is 19.8 Å². The number of halogens is 1. The molecule has 0 N–H and O–H groups in total. The lowest BCUT2D eigenvalue weighted by Crippen LogP contribution is -2.09. The number of unbranched alkanes of at least 4 members (excludes halogenated alkanes) is 22. The van der Waals surface area contributed by atoms with Crippen LogP contribution in [0.15, 0.2) is 48.6 Å². The van der Waals surface area contributed by atoms with Gasteiger partial charge in [-0.2, -0.15) is 0 Å². The first-order valence-electron chi connectivity index (χ1n) is 18.4. The number of rotatable bonds is 33. The van der Waals surface area contributed by atoms with E-state index in [1.54, 1.807) is 12.2 Å². The maximum absolute atomic E-state index is 12.9. The van der Waals surface area contributed by atoms with Crippen molar-refractivity contribution in [3.05, 3.63) is 48.6 Å². The van der Waals surface area contributed by atoms with E-state index in [0.29, 0.717) is 5.33 Å². The number of hydrogen-bond acceptors (Lipinski definition) is 6. The Morgan fingerprint density at radius 3 is 1.17 bits per heavy atom. The van der Waals surface area contributed by atoms with Crippen LogP contribution in [0.5, 0.6) is 0 Å². The van der Waals surface area contributed by atoms with Gasteiger partial charge in [0.05, 0.1) is 6.61 Å². The van der Waals surface area contributed by atoms with Crippen molar-refractivity contribution in [3.8, 4) is 0 Å². The van der Waals surface area contributed by atoms with Crippen molar-refractivity contribution in [2.24, 2.45) is 0 Å². The van der Waals surface area contributed by atoms with Crippen LogP contribution in [-0.4, -0.2) is 23.9 Å². The number of phosphoric ester groups is 1.